The van der Waals surface area contributed by atoms with Crippen LogP contribution in [-0.4, -0.2) is 19.4 Å². The molecule has 5 heteroatoms. The molecule has 0 saturated heterocycles. The van der Waals surface area contributed by atoms with Crippen LogP contribution in [0.15, 0.2) is 42.5 Å². The second-order valence-electron chi connectivity index (χ2n) is 5.14. The van der Waals surface area contributed by atoms with Crippen molar-refractivity contribution in [2.45, 2.75) is 20.8 Å². The number of urea groups is 1. The summed E-state index contributed by atoms with van der Waals surface area (Å²) in [5.41, 5.74) is 2.90. The molecule has 0 fully saturated rings. The van der Waals surface area contributed by atoms with Crippen LogP contribution in [0.25, 0.3) is 0 Å². The molecule has 0 unspecified atom stereocenters. The van der Waals surface area contributed by atoms with Crippen molar-refractivity contribution in [1.29, 1.82) is 0 Å². The number of carbonyl (C=O) groups is 1. The topological polar surface area (TPSA) is 59.6 Å². The van der Waals surface area contributed by atoms with Crippen molar-refractivity contribution in [3.63, 3.8) is 0 Å². The maximum absolute atomic E-state index is 11.9. The Hall–Kier alpha value is -2.69. The summed E-state index contributed by atoms with van der Waals surface area (Å²) in [7, 11) is 0. The highest BCUT2D eigenvalue weighted by molar-refractivity contribution is 5.90. The molecule has 2 N–H and O–H groups in total. The lowest BCUT2D eigenvalue weighted by Gasteiger charge is -2.12. The first-order valence-corrected chi connectivity index (χ1v) is 7.56. The monoisotopic (exact) mass is 314 g/mol. The zero-order chi connectivity index (χ0) is 16.7. The molecule has 0 aliphatic carbocycles. The molecule has 23 heavy (non-hydrogen) atoms. The van der Waals surface area contributed by atoms with Crippen LogP contribution < -0.4 is 20.1 Å². The van der Waals surface area contributed by atoms with E-state index in [9.17, 15) is 4.79 Å². The summed E-state index contributed by atoms with van der Waals surface area (Å²) >= 11 is 0. The molecule has 2 aromatic rings. The summed E-state index contributed by atoms with van der Waals surface area (Å²) in [6.45, 7) is 6.58. The SMILES string of the molecule is CCOc1ccc(OCNC(=O)Nc2cc(C)ccc2C)cc1. The van der Waals surface area contributed by atoms with Crippen molar-refractivity contribution in [2.75, 3.05) is 18.7 Å². The Balaban J connectivity index is 1.79. The molecule has 0 aliphatic rings. The Kier molecular flexibility index (Phi) is 5.86. The third-order valence-corrected chi connectivity index (χ3v) is 3.25. The predicted octanol–water partition coefficient (Wildman–Crippen LogP) is 3.86. The van der Waals surface area contributed by atoms with Crippen LogP contribution in [-0.2, 0) is 0 Å². The molecule has 2 aromatic carbocycles. The molecule has 5 nitrogen and oxygen atoms in total. The minimum atomic E-state index is -0.301. The maximum atomic E-state index is 11.9. The van der Waals surface area contributed by atoms with E-state index in [1.165, 1.54) is 0 Å². The van der Waals surface area contributed by atoms with E-state index in [0.717, 1.165) is 22.6 Å². The summed E-state index contributed by atoms with van der Waals surface area (Å²) in [6, 6.07) is 12.9. The number of benzene rings is 2. The second-order valence-corrected chi connectivity index (χ2v) is 5.14. The number of hydrogen-bond acceptors (Lipinski definition) is 3. The van der Waals surface area contributed by atoms with Gasteiger partial charge in [0.15, 0.2) is 6.73 Å². The highest BCUT2D eigenvalue weighted by Gasteiger charge is 2.04. The number of aryl methyl sites for hydroxylation is 2. The Labute approximate surface area is 136 Å². The molecule has 0 bridgehead atoms. The average Bonchev–Trinajstić information content (AvgIpc) is 2.53. The van der Waals surface area contributed by atoms with E-state index >= 15 is 0 Å². The van der Waals surface area contributed by atoms with Gasteiger partial charge in [0.05, 0.1) is 6.61 Å². The molecule has 0 saturated carbocycles. The van der Waals surface area contributed by atoms with Gasteiger partial charge in [-0.05, 0) is 62.2 Å². The third-order valence-electron chi connectivity index (χ3n) is 3.25. The molecule has 0 aromatic heterocycles. The van der Waals surface area contributed by atoms with Crippen molar-refractivity contribution < 1.29 is 14.3 Å². The molecule has 2 amide bonds. The van der Waals surface area contributed by atoms with E-state index in [-0.39, 0.29) is 12.8 Å². The predicted molar refractivity (Wildman–Crippen MR) is 91.2 cm³/mol. The van der Waals surface area contributed by atoms with Crippen molar-refractivity contribution in [3.05, 3.63) is 53.6 Å². The summed E-state index contributed by atoms with van der Waals surface area (Å²) < 4.78 is 10.8. The zero-order valence-corrected chi connectivity index (χ0v) is 13.7. The summed E-state index contributed by atoms with van der Waals surface area (Å²) in [5, 5.41) is 5.48. The summed E-state index contributed by atoms with van der Waals surface area (Å²) in [5.74, 6) is 1.46. The third kappa shape index (κ3) is 5.21. The zero-order valence-electron chi connectivity index (χ0n) is 13.7. The molecule has 122 valence electrons. The van der Waals surface area contributed by atoms with Crippen molar-refractivity contribution in [1.82, 2.24) is 5.32 Å². The Morgan fingerprint density at radius 2 is 1.65 bits per heavy atom. The smallest absolute Gasteiger partial charge is 0.321 e. The van der Waals surface area contributed by atoms with Gasteiger partial charge >= 0.3 is 6.03 Å². The van der Waals surface area contributed by atoms with Crippen LogP contribution in [0.4, 0.5) is 10.5 Å². The standard InChI is InChI=1S/C18H22N2O3/c1-4-22-15-7-9-16(10-8-15)23-12-19-18(21)20-17-11-13(2)5-6-14(17)3/h5-11H,4,12H2,1-3H3,(H2,19,20,21). The van der Waals surface area contributed by atoms with Crippen molar-refractivity contribution in [2.24, 2.45) is 0 Å². The first-order chi connectivity index (χ1) is 11.1. The number of ether oxygens (including phenoxy) is 2. The van der Waals surface area contributed by atoms with E-state index in [0.29, 0.717) is 12.4 Å². The lowest BCUT2D eigenvalue weighted by atomic mass is 10.1. The maximum Gasteiger partial charge on any atom is 0.321 e. The number of nitrogens with one attached hydrogen (secondary N) is 2. The number of rotatable bonds is 6. The Morgan fingerprint density at radius 1 is 1.00 bits per heavy atom. The highest BCUT2D eigenvalue weighted by Crippen LogP contribution is 2.17. The van der Waals surface area contributed by atoms with E-state index in [1.54, 1.807) is 12.1 Å². The quantitative estimate of drug-likeness (QED) is 0.796. The van der Waals surface area contributed by atoms with Crippen LogP contribution in [0, 0.1) is 13.8 Å². The fourth-order valence-corrected chi connectivity index (χ4v) is 2.02. The number of anilines is 1. The lowest BCUT2D eigenvalue weighted by molar-refractivity contribution is 0.234. The van der Waals surface area contributed by atoms with Gasteiger partial charge in [0.1, 0.15) is 11.5 Å². The van der Waals surface area contributed by atoms with E-state index < -0.39 is 0 Å². The average molecular weight is 314 g/mol. The van der Waals surface area contributed by atoms with Crippen molar-refractivity contribution in [3.8, 4) is 11.5 Å². The molecule has 0 aliphatic heterocycles. The molecular formula is C18H22N2O3. The van der Waals surface area contributed by atoms with Crippen LogP contribution in [0.5, 0.6) is 11.5 Å². The number of carbonyl (C=O) groups excluding carboxylic acids is 1. The van der Waals surface area contributed by atoms with Gasteiger partial charge in [-0.2, -0.15) is 0 Å². The van der Waals surface area contributed by atoms with Crippen LogP contribution in [0.3, 0.4) is 0 Å². The van der Waals surface area contributed by atoms with Gasteiger partial charge in [-0.3, -0.25) is 0 Å². The fourth-order valence-electron chi connectivity index (χ4n) is 2.02. The molecular weight excluding hydrogens is 292 g/mol. The first-order valence-electron chi connectivity index (χ1n) is 7.56. The van der Waals surface area contributed by atoms with E-state index in [4.69, 9.17) is 9.47 Å². The molecule has 0 heterocycles. The molecule has 0 atom stereocenters. The van der Waals surface area contributed by atoms with Crippen LogP contribution >= 0.6 is 0 Å². The lowest BCUT2D eigenvalue weighted by Crippen LogP contribution is -2.32. The van der Waals surface area contributed by atoms with Gasteiger partial charge in [-0.25, -0.2) is 4.79 Å². The normalized spacial score (nSPS) is 10.0. The van der Waals surface area contributed by atoms with Crippen molar-refractivity contribution >= 4 is 11.7 Å². The summed E-state index contributed by atoms with van der Waals surface area (Å²) in [4.78, 5) is 11.9. The Morgan fingerprint density at radius 3 is 2.30 bits per heavy atom. The first kappa shape index (κ1) is 16.7. The van der Waals surface area contributed by atoms with Gasteiger partial charge in [0.25, 0.3) is 0 Å². The van der Waals surface area contributed by atoms with E-state index in [2.05, 4.69) is 10.6 Å². The number of hydrogen-bond donors (Lipinski definition) is 2. The summed E-state index contributed by atoms with van der Waals surface area (Å²) in [6.07, 6.45) is 0. The Bertz CT molecular complexity index is 654. The molecule has 0 spiro atoms. The van der Waals surface area contributed by atoms with Gasteiger partial charge < -0.3 is 20.1 Å². The van der Waals surface area contributed by atoms with Gasteiger partial charge in [0, 0.05) is 5.69 Å². The minimum Gasteiger partial charge on any atom is -0.494 e. The molecule has 0 radical (unpaired) electrons. The fraction of sp³-hybridized carbons (Fsp3) is 0.278. The van der Waals surface area contributed by atoms with E-state index in [1.807, 2.05) is 51.1 Å². The van der Waals surface area contributed by atoms with Crippen LogP contribution in [0.2, 0.25) is 0 Å². The van der Waals surface area contributed by atoms with Gasteiger partial charge in [0.2, 0.25) is 0 Å². The highest BCUT2D eigenvalue weighted by atomic mass is 16.5. The number of amides is 2. The van der Waals surface area contributed by atoms with Crippen LogP contribution in [0.1, 0.15) is 18.1 Å². The second kappa shape index (κ2) is 8.08. The minimum absolute atomic E-state index is 0.0880. The molecule has 2 rings (SSSR count). The van der Waals surface area contributed by atoms with Gasteiger partial charge in [-0.15, -0.1) is 0 Å². The van der Waals surface area contributed by atoms with Gasteiger partial charge in [-0.1, -0.05) is 12.1 Å². The largest absolute Gasteiger partial charge is 0.494 e.